The third-order valence-electron chi connectivity index (χ3n) is 5.63. The van der Waals surface area contributed by atoms with Crippen LogP contribution in [0, 0.1) is 0 Å². The van der Waals surface area contributed by atoms with Crippen molar-refractivity contribution >= 4 is 16.9 Å². The summed E-state index contributed by atoms with van der Waals surface area (Å²) >= 11 is 0. The van der Waals surface area contributed by atoms with E-state index in [9.17, 15) is 18.0 Å². The maximum absolute atomic E-state index is 13.2. The first-order chi connectivity index (χ1) is 13.7. The number of carbonyl (C=O) groups excluding carboxylic acids is 1. The molecule has 0 bridgehead atoms. The molecule has 5 nitrogen and oxygen atoms in total. The second-order valence-corrected chi connectivity index (χ2v) is 7.69. The third kappa shape index (κ3) is 3.59. The zero-order chi connectivity index (χ0) is 20.8. The topological polar surface area (TPSA) is 59.8 Å². The summed E-state index contributed by atoms with van der Waals surface area (Å²) in [5, 5.41) is 7.95. The SMILES string of the molecule is CC(NC(=O)Cc1ccc(C2(C(F)(F)F)CC2)cc1)c1cnc2c(cnn2C)c1. The molecule has 2 aromatic heterocycles. The molecule has 152 valence electrons. The number of aromatic nitrogens is 3. The summed E-state index contributed by atoms with van der Waals surface area (Å²) in [6.45, 7) is 1.86. The Morgan fingerprint density at radius 3 is 2.55 bits per heavy atom. The van der Waals surface area contributed by atoms with Crippen LogP contribution in [0.2, 0.25) is 0 Å². The Morgan fingerprint density at radius 2 is 1.93 bits per heavy atom. The number of aryl methyl sites for hydroxylation is 1. The summed E-state index contributed by atoms with van der Waals surface area (Å²) in [7, 11) is 1.81. The third-order valence-corrected chi connectivity index (χ3v) is 5.63. The standard InChI is InChI=1S/C21H21F3N4O/c1-13(15-10-16-12-26-28(2)19(16)25-11-15)27-18(29)9-14-3-5-17(6-4-14)20(7-8-20)21(22,23)24/h3-6,10-13H,7-9H2,1-2H3,(H,27,29). The monoisotopic (exact) mass is 402 g/mol. The van der Waals surface area contributed by atoms with Crippen LogP contribution < -0.4 is 5.32 Å². The molecule has 1 fully saturated rings. The van der Waals surface area contributed by atoms with Gasteiger partial charge in [-0.2, -0.15) is 18.3 Å². The van der Waals surface area contributed by atoms with Crippen molar-refractivity contribution in [2.45, 2.75) is 43.8 Å². The highest BCUT2D eigenvalue weighted by Gasteiger charge is 2.64. The van der Waals surface area contributed by atoms with Crippen LogP contribution >= 0.6 is 0 Å². The van der Waals surface area contributed by atoms with E-state index in [1.807, 2.05) is 20.0 Å². The van der Waals surface area contributed by atoms with Gasteiger partial charge in [-0.1, -0.05) is 24.3 Å². The van der Waals surface area contributed by atoms with Crippen molar-refractivity contribution in [1.82, 2.24) is 20.1 Å². The highest BCUT2D eigenvalue weighted by atomic mass is 19.4. The smallest absolute Gasteiger partial charge is 0.349 e. The second kappa shape index (κ2) is 6.86. The fourth-order valence-corrected chi connectivity index (χ4v) is 3.66. The molecule has 1 aliphatic carbocycles. The minimum absolute atomic E-state index is 0.103. The summed E-state index contributed by atoms with van der Waals surface area (Å²) in [6, 6.07) is 7.88. The molecule has 3 aromatic rings. The van der Waals surface area contributed by atoms with Gasteiger partial charge in [-0.05, 0) is 42.5 Å². The average molecular weight is 402 g/mol. The summed E-state index contributed by atoms with van der Waals surface area (Å²) in [5.74, 6) is -0.200. The van der Waals surface area contributed by atoms with Gasteiger partial charge in [0.05, 0.1) is 24.1 Å². The molecule has 1 aliphatic rings. The summed E-state index contributed by atoms with van der Waals surface area (Å²) < 4.78 is 41.3. The number of amides is 1. The molecule has 1 saturated carbocycles. The summed E-state index contributed by atoms with van der Waals surface area (Å²) in [6.07, 6.45) is -0.450. The second-order valence-electron chi connectivity index (χ2n) is 7.69. The minimum atomic E-state index is -4.23. The van der Waals surface area contributed by atoms with Gasteiger partial charge in [0.1, 0.15) is 0 Å². The van der Waals surface area contributed by atoms with Gasteiger partial charge >= 0.3 is 6.18 Å². The van der Waals surface area contributed by atoms with Gasteiger partial charge in [0.2, 0.25) is 5.91 Å². The lowest BCUT2D eigenvalue weighted by Crippen LogP contribution is -2.29. The van der Waals surface area contributed by atoms with E-state index in [1.54, 1.807) is 29.2 Å². The number of benzene rings is 1. The first kappa shape index (κ1) is 19.4. The van der Waals surface area contributed by atoms with Gasteiger partial charge < -0.3 is 5.32 Å². The molecule has 0 radical (unpaired) electrons. The Bertz CT molecular complexity index is 1050. The van der Waals surface area contributed by atoms with E-state index >= 15 is 0 Å². The molecule has 8 heteroatoms. The molecule has 1 N–H and O–H groups in total. The van der Waals surface area contributed by atoms with Crippen LogP contribution in [-0.2, 0) is 23.7 Å². The van der Waals surface area contributed by atoms with Gasteiger partial charge in [-0.25, -0.2) is 4.98 Å². The van der Waals surface area contributed by atoms with Crippen molar-refractivity contribution < 1.29 is 18.0 Å². The number of fused-ring (bicyclic) bond motifs is 1. The number of pyridine rings is 1. The zero-order valence-electron chi connectivity index (χ0n) is 16.1. The van der Waals surface area contributed by atoms with Gasteiger partial charge in [0.25, 0.3) is 0 Å². The zero-order valence-corrected chi connectivity index (χ0v) is 16.1. The Kier molecular flexibility index (Phi) is 4.59. The van der Waals surface area contributed by atoms with E-state index in [-0.39, 0.29) is 36.8 Å². The molecule has 2 heterocycles. The lowest BCUT2D eigenvalue weighted by molar-refractivity contribution is -0.160. The molecule has 4 rings (SSSR count). The predicted molar refractivity (Wildman–Crippen MR) is 102 cm³/mol. The Morgan fingerprint density at radius 1 is 1.24 bits per heavy atom. The van der Waals surface area contributed by atoms with Crippen molar-refractivity contribution in [2.75, 3.05) is 0 Å². The van der Waals surface area contributed by atoms with E-state index in [4.69, 9.17) is 0 Å². The Labute approximate surface area is 165 Å². The number of hydrogen-bond donors (Lipinski definition) is 1. The van der Waals surface area contributed by atoms with Crippen LogP contribution in [0.4, 0.5) is 13.2 Å². The van der Waals surface area contributed by atoms with Crippen molar-refractivity contribution in [3.63, 3.8) is 0 Å². The maximum Gasteiger partial charge on any atom is 0.398 e. The van der Waals surface area contributed by atoms with E-state index in [2.05, 4.69) is 15.4 Å². The molecule has 1 aromatic carbocycles. The lowest BCUT2D eigenvalue weighted by atomic mass is 9.94. The van der Waals surface area contributed by atoms with Crippen LogP contribution in [0.15, 0.2) is 42.7 Å². The van der Waals surface area contributed by atoms with Crippen LogP contribution in [0.1, 0.15) is 42.5 Å². The largest absolute Gasteiger partial charge is 0.398 e. The summed E-state index contributed by atoms with van der Waals surface area (Å²) in [4.78, 5) is 16.8. The van der Waals surface area contributed by atoms with Crippen molar-refractivity contribution in [2.24, 2.45) is 7.05 Å². The van der Waals surface area contributed by atoms with E-state index < -0.39 is 11.6 Å². The molecule has 29 heavy (non-hydrogen) atoms. The predicted octanol–water partition coefficient (Wildman–Crippen LogP) is 3.98. The number of nitrogens with one attached hydrogen (secondary N) is 1. The lowest BCUT2D eigenvalue weighted by Gasteiger charge is -2.20. The Hall–Kier alpha value is -2.90. The molecule has 0 spiro atoms. The molecule has 1 amide bonds. The molecule has 0 aliphatic heterocycles. The molecule has 1 unspecified atom stereocenters. The molecule has 0 saturated heterocycles. The first-order valence-corrected chi connectivity index (χ1v) is 9.43. The summed E-state index contributed by atoms with van der Waals surface area (Å²) in [5.41, 5.74) is 0.880. The van der Waals surface area contributed by atoms with Crippen molar-refractivity contribution in [1.29, 1.82) is 0 Å². The number of rotatable bonds is 5. The number of halogens is 3. The van der Waals surface area contributed by atoms with Crippen LogP contribution in [0.5, 0.6) is 0 Å². The average Bonchev–Trinajstić information content (AvgIpc) is 3.41. The van der Waals surface area contributed by atoms with E-state index in [1.165, 1.54) is 12.1 Å². The van der Waals surface area contributed by atoms with Crippen LogP contribution in [-0.4, -0.2) is 26.8 Å². The quantitative estimate of drug-likeness (QED) is 0.702. The highest BCUT2D eigenvalue weighted by molar-refractivity contribution is 5.79. The van der Waals surface area contributed by atoms with Gasteiger partial charge in [0, 0.05) is 18.6 Å². The normalized spacial score (nSPS) is 16.6. The number of carbonyl (C=O) groups is 1. The van der Waals surface area contributed by atoms with Crippen molar-refractivity contribution in [3.05, 3.63) is 59.4 Å². The maximum atomic E-state index is 13.2. The number of nitrogens with zero attached hydrogens (tertiary/aromatic N) is 3. The molecule has 1 atom stereocenters. The van der Waals surface area contributed by atoms with Crippen LogP contribution in [0.3, 0.4) is 0 Å². The van der Waals surface area contributed by atoms with E-state index in [0.29, 0.717) is 5.56 Å². The molecular weight excluding hydrogens is 381 g/mol. The van der Waals surface area contributed by atoms with E-state index in [0.717, 1.165) is 16.6 Å². The fraction of sp³-hybridized carbons (Fsp3) is 0.381. The van der Waals surface area contributed by atoms with Gasteiger partial charge in [0.15, 0.2) is 5.65 Å². The first-order valence-electron chi connectivity index (χ1n) is 9.43. The van der Waals surface area contributed by atoms with Crippen molar-refractivity contribution in [3.8, 4) is 0 Å². The van der Waals surface area contributed by atoms with Gasteiger partial charge in [-0.15, -0.1) is 0 Å². The minimum Gasteiger partial charge on any atom is -0.349 e. The Balaban J connectivity index is 1.40. The number of alkyl halides is 3. The molecular formula is C21H21F3N4O. The highest BCUT2D eigenvalue weighted by Crippen LogP contribution is 2.58. The number of hydrogen-bond acceptors (Lipinski definition) is 3. The van der Waals surface area contributed by atoms with Crippen LogP contribution in [0.25, 0.3) is 11.0 Å². The van der Waals surface area contributed by atoms with Gasteiger partial charge in [-0.3, -0.25) is 9.48 Å². The fourth-order valence-electron chi connectivity index (χ4n) is 3.66.